The summed E-state index contributed by atoms with van der Waals surface area (Å²) in [5, 5.41) is 12.1. The molecule has 0 spiro atoms. The van der Waals surface area contributed by atoms with E-state index in [9.17, 15) is 13.9 Å². The number of β-amino-alcohol motifs (C(OH)–C–C–N with tert-alkyl or cyclic N) is 1. The van der Waals surface area contributed by atoms with Crippen LogP contribution in [-0.2, 0) is 6.54 Å². The molecule has 1 atom stereocenters. The van der Waals surface area contributed by atoms with Crippen molar-refractivity contribution in [2.45, 2.75) is 38.0 Å². The fourth-order valence-electron chi connectivity index (χ4n) is 4.46. The van der Waals surface area contributed by atoms with Crippen LogP contribution in [0, 0.1) is 11.6 Å². The molecular formula is C22H25F2N3OS. The van der Waals surface area contributed by atoms with Crippen molar-refractivity contribution in [3.8, 4) is 0 Å². The lowest BCUT2D eigenvalue weighted by molar-refractivity contribution is 0.106. The van der Waals surface area contributed by atoms with Crippen LogP contribution < -0.4 is 0 Å². The molecule has 0 radical (unpaired) electrons. The summed E-state index contributed by atoms with van der Waals surface area (Å²) in [4.78, 5) is 2.55. The zero-order valence-electron chi connectivity index (χ0n) is 16.2. The van der Waals surface area contributed by atoms with Crippen LogP contribution in [0.15, 0.2) is 36.4 Å². The summed E-state index contributed by atoms with van der Waals surface area (Å²) in [6.07, 6.45) is 3.42. The van der Waals surface area contributed by atoms with E-state index in [1.54, 1.807) is 24.1 Å². The minimum absolute atomic E-state index is 0.345. The SMILES string of the molecule is OC(CN1CCN(C2CCC2)CS1)Cn1c2ccc(F)cc2c2cc(F)ccc21. The van der Waals surface area contributed by atoms with Crippen LogP contribution in [0.4, 0.5) is 8.78 Å². The predicted octanol–water partition coefficient (Wildman–Crippen LogP) is 4.21. The Morgan fingerprint density at radius 1 is 0.966 bits per heavy atom. The summed E-state index contributed by atoms with van der Waals surface area (Å²) in [6.45, 7) is 2.97. The van der Waals surface area contributed by atoms with E-state index < -0.39 is 6.10 Å². The number of benzene rings is 2. The fraction of sp³-hybridized carbons (Fsp3) is 0.455. The van der Waals surface area contributed by atoms with Gasteiger partial charge in [-0.3, -0.25) is 4.90 Å². The molecule has 7 heteroatoms. The number of nitrogens with zero attached hydrogens (tertiary/aromatic N) is 3. The Labute approximate surface area is 173 Å². The Bertz CT molecular complexity index is 968. The number of aliphatic hydroxyl groups is 1. The highest BCUT2D eigenvalue weighted by Gasteiger charge is 2.29. The molecule has 4 nitrogen and oxygen atoms in total. The molecule has 1 saturated heterocycles. The second-order valence-corrected chi connectivity index (χ2v) is 9.16. The minimum atomic E-state index is -0.563. The van der Waals surface area contributed by atoms with Gasteiger partial charge in [-0.1, -0.05) is 18.4 Å². The zero-order valence-corrected chi connectivity index (χ0v) is 17.0. The summed E-state index contributed by atoms with van der Waals surface area (Å²) in [5.74, 6) is 0.301. The largest absolute Gasteiger partial charge is 0.390 e. The average Bonchev–Trinajstić information content (AvgIpc) is 2.94. The minimum Gasteiger partial charge on any atom is -0.390 e. The normalized spacial score (nSPS) is 20.4. The standard InChI is InChI=1S/C22H25F2N3OS/c23-15-4-6-21-19(10-15)20-11-16(24)5-7-22(20)27(21)13-18(28)12-26-9-8-25(14-29-26)17-2-1-3-17/h4-7,10-11,17-18,28H,1-3,8-9,12-14H2. The van der Waals surface area contributed by atoms with Crippen molar-refractivity contribution in [3.63, 3.8) is 0 Å². The van der Waals surface area contributed by atoms with E-state index >= 15 is 0 Å². The molecule has 3 aromatic rings. The third kappa shape index (κ3) is 3.77. The molecule has 1 aliphatic carbocycles. The number of aliphatic hydroxyl groups excluding tert-OH is 1. The zero-order chi connectivity index (χ0) is 20.0. The molecular weight excluding hydrogens is 392 g/mol. The van der Waals surface area contributed by atoms with E-state index in [-0.39, 0.29) is 11.6 Å². The van der Waals surface area contributed by atoms with Gasteiger partial charge in [0.25, 0.3) is 0 Å². The maximum absolute atomic E-state index is 13.8. The molecule has 1 N–H and O–H groups in total. The Hall–Kier alpha value is -1.67. The van der Waals surface area contributed by atoms with E-state index in [0.717, 1.165) is 36.0 Å². The number of fused-ring (bicyclic) bond motifs is 3. The van der Waals surface area contributed by atoms with Gasteiger partial charge in [0.05, 0.1) is 18.5 Å². The van der Waals surface area contributed by atoms with Crippen LogP contribution >= 0.6 is 11.9 Å². The number of rotatable bonds is 5. The number of aromatic nitrogens is 1. The van der Waals surface area contributed by atoms with E-state index in [1.807, 2.05) is 4.57 Å². The maximum Gasteiger partial charge on any atom is 0.123 e. The van der Waals surface area contributed by atoms with Crippen molar-refractivity contribution < 1.29 is 13.9 Å². The van der Waals surface area contributed by atoms with Crippen molar-refractivity contribution >= 4 is 33.8 Å². The van der Waals surface area contributed by atoms with Gasteiger partial charge in [-0.15, -0.1) is 0 Å². The highest BCUT2D eigenvalue weighted by atomic mass is 32.2. The highest BCUT2D eigenvalue weighted by Crippen LogP contribution is 2.32. The van der Waals surface area contributed by atoms with Crippen LogP contribution in [0.5, 0.6) is 0 Å². The van der Waals surface area contributed by atoms with Crippen LogP contribution in [0.25, 0.3) is 21.8 Å². The first-order chi connectivity index (χ1) is 14.1. The highest BCUT2D eigenvalue weighted by molar-refractivity contribution is 7.97. The van der Waals surface area contributed by atoms with E-state index in [4.69, 9.17) is 0 Å². The smallest absolute Gasteiger partial charge is 0.123 e. The molecule has 1 saturated carbocycles. The second kappa shape index (κ2) is 7.87. The first-order valence-electron chi connectivity index (χ1n) is 10.3. The number of hydrogen-bond acceptors (Lipinski definition) is 4. The predicted molar refractivity (Wildman–Crippen MR) is 114 cm³/mol. The van der Waals surface area contributed by atoms with Crippen LogP contribution in [0.2, 0.25) is 0 Å². The molecule has 1 aromatic heterocycles. The Kier molecular flexibility index (Phi) is 5.24. The van der Waals surface area contributed by atoms with Gasteiger partial charge < -0.3 is 9.67 Å². The van der Waals surface area contributed by atoms with Gasteiger partial charge in [0.2, 0.25) is 0 Å². The fourth-order valence-corrected chi connectivity index (χ4v) is 5.60. The first-order valence-corrected chi connectivity index (χ1v) is 11.2. The summed E-state index contributed by atoms with van der Waals surface area (Å²) in [5.41, 5.74) is 1.63. The first kappa shape index (κ1) is 19.3. The topological polar surface area (TPSA) is 31.6 Å². The Morgan fingerprint density at radius 3 is 2.14 bits per heavy atom. The van der Waals surface area contributed by atoms with Crippen molar-refractivity contribution in [2.24, 2.45) is 0 Å². The summed E-state index contributed by atoms with van der Waals surface area (Å²) in [6, 6.07) is 9.88. The van der Waals surface area contributed by atoms with Gasteiger partial charge in [-0.2, -0.15) is 0 Å². The average molecular weight is 418 g/mol. The van der Waals surface area contributed by atoms with Gasteiger partial charge in [-0.25, -0.2) is 13.1 Å². The van der Waals surface area contributed by atoms with Crippen LogP contribution in [0.3, 0.4) is 0 Å². The van der Waals surface area contributed by atoms with Gasteiger partial charge >= 0.3 is 0 Å². The molecule has 2 fully saturated rings. The lowest BCUT2D eigenvalue weighted by atomic mass is 9.92. The summed E-state index contributed by atoms with van der Waals surface area (Å²) in [7, 11) is 0. The van der Waals surface area contributed by atoms with Gasteiger partial charge in [0.1, 0.15) is 11.6 Å². The van der Waals surface area contributed by atoms with Crippen molar-refractivity contribution in [2.75, 3.05) is 25.5 Å². The van der Waals surface area contributed by atoms with Gasteiger partial charge in [-0.05, 0) is 49.2 Å². The lowest BCUT2D eigenvalue weighted by Crippen LogP contribution is -2.48. The second-order valence-electron chi connectivity index (χ2n) is 8.13. The van der Waals surface area contributed by atoms with Crippen LogP contribution in [-0.4, -0.2) is 56.5 Å². The number of hydrogen-bond donors (Lipinski definition) is 1. The Balaban J connectivity index is 1.33. The maximum atomic E-state index is 13.8. The molecule has 2 aliphatic rings. The monoisotopic (exact) mass is 417 g/mol. The molecule has 2 aromatic carbocycles. The van der Waals surface area contributed by atoms with Crippen molar-refractivity contribution in [1.29, 1.82) is 0 Å². The molecule has 1 aliphatic heterocycles. The lowest BCUT2D eigenvalue weighted by Gasteiger charge is -2.42. The molecule has 29 heavy (non-hydrogen) atoms. The summed E-state index contributed by atoms with van der Waals surface area (Å²) < 4.78 is 31.8. The van der Waals surface area contributed by atoms with Gasteiger partial charge in [0, 0.05) is 47.5 Å². The van der Waals surface area contributed by atoms with E-state index in [2.05, 4.69) is 9.21 Å². The quantitative estimate of drug-likeness (QED) is 0.631. The molecule has 5 rings (SSSR count). The molecule has 1 unspecified atom stereocenters. The van der Waals surface area contributed by atoms with Gasteiger partial charge in [0.15, 0.2) is 0 Å². The third-order valence-electron chi connectivity index (χ3n) is 6.23. The number of halogens is 2. The third-order valence-corrected chi connectivity index (χ3v) is 7.37. The van der Waals surface area contributed by atoms with Crippen LogP contribution in [0.1, 0.15) is 19.3 Å². The molecule has 0 amide bonds. The molecule has 154 valence electrons. The Morgan fingerprint density at radius 2 is 1.62 bits per heavy atom. The van der Waals surface area contributed by atoms with Crippen molar-refractivity contribution in [1.82, 2.24) is 13.8 Å². The van der Waals surface area contributed by atoms with E-state index in [1.165, 1.54) is 43.5 Å². The molecule has 0 bridgehead atoms. The van der Waals surface area contributed by atoms with E-state index in [0.29, 0.717) is 23.9 Å². The molecule has 2 heterocycles. The summed E-state index contributed by atoms with van der Waals surface area (Å²) >= 11 is 1.79. The van der Waals surface area contributed by atoms with Crippen molar-refractivity contribution in [3.05, 3.63) is 48.0 Å².